The van der Waals surface area contributed by atoms with Gasteiger partial charge >= 0.3 is 0 Å². The Balaban J connectivity index is 2.07. The molecule has 2 amide bonds. The average Bonchev–Trinajstić information content (AvgIpc) is 2.67. The van der Waals surface area contributed by atoms with Crippen LogP contribution in [-0.2, 0) is 21.9 Å². The van der Waals surface area contributed by atoms with E-state index in [1.165, 1.54) is 22.7 Å². The van der Waals surface area contributed by atoms with Crippen molar-refractivity contribution < 1.29 is 14.0 Å². The third-order valence-corrected chi connectivity index (χ3v) is 5.82. The summed E-state index contributed by atoms with van der Waals surface area (Å²) in [4.78, 5) is 26.9. The number of hydrogen-bond donors (Lipinski definition) is 1. The first-order valence-electron chi connectivity index (χ1n) is 9.43. The van der Waals surface area contributed by atoms with Crippen molar-refractivity contribution in [2.24, 2.45) is 0 Å². The van der Waals surface area contributed by atoms with E-state index in [0.29, 0.717) is 11.3 Å². The van der Waals surface area contributed by atoms with Gasteiger partial charge in [0, 0.05) is 28.4 Å². The second-order valence-corrected chi connectivity index (χ2v) is 8.97. The number of thioether (sulfide) groups is 1. The van der Waals surface area contributed by atoms with Crippen molar-refractivity contribution in [2.75, 3.05) is 5.75 Å². The van der Waals surface area contributed by atoms with Gasteiger partial charge in [0.2, 0.25) is 11.8 Å². The Morgan fingerprint density at radius 3 is 2.38 bits per heavy atom. The second-order valence-electron chi connectivity index (χ2n) is 7.07. The normalized spacial score (nSPS) is 11.9. The number of halogens is 2. The molecule has 0 saturated heterocycles. The van der Waals surface area contributed by atoms with Crippen LogP contribution < -0.4 is 5.32 Å². The van der Waals surface area contributed by atoms with Crippen molar-refractivity contribution >= 4 is 39.5 Å². The van der Waals surface area contributed by atoms with E-state index in [-0.39, 0.29) is 36.0 Å². The van der Waals surface area contributed by atoms with Crippen molar-refractivity contribution in [3.8, 4) is 0 Å². The van der Waals surface area contributed by atoms with E-state index in [4.69, 9.17) is 0 Å². The van der Waals surface area contributed by atoms with Crippen LogP contribution in [0, 0.1) is 5.82 Å². The SMILES string of the molecule is CC(C)NC(=O)C(C)N(Cc1ccccc1F)C(=O)CSCc1ccc(Br)cc1. The zero-order valence-corrected chi connectivity index (χ0v) is 19.2. The molecule has 0 saturated carbocycles. The molecular weight excluding hydrogens is 455 g/mol. The highest BCUT2D eigenvalue weighted by Gasteiger charge is 2.27. The fraction of sp³-hybridized carbons (Fsp3) is 0.364. The summed E-state index contributed by atoms with van der Waals surface area (Å²) < 4.78 is 15.1. The number of hydrogen-bond acceptors (Lipinski definition) is 3. The monoisotopic (exact) mass is 480 g/mol. The number of benzene rings is 2. The first-order chi connectivity index (χ1) is 13.8. The van der Waals surface area contributed by atoms with Crippen LogP contribution in [0.4, 0.5) is 4.39 Å². The average molecular weight is 481 g/mol. The highest BCUT2D eigenvalue weighted by Crippen LogP contribution is 2.18. The Kier molecular flexibility index (Phi) is 9.17. The topological polar surface area (TPSA) is 49.4 Å². The summed E-state index contributed by atoms with van der Waals surface area (Å²) in [5, 5.41) is 2.83. The van der Waals surface area contributed by atoms with Crippen molar-refractivity contribution in [2.45, 2.75) is 45.2 Å². The van der Waals surface area contributed by atoms with E-state index in [0.717, 1.165) is 10.0 Å². The molecule has 0 heterocycles. The van der Waals surface area contributed by atoms with E-state index in [1.807, 2.05) is 38.1 Å². The van der Waals surface area contributed by atoms with Crippen molar-refractivity contribution in [3.05, 3.63) is 69.9 Å². The summed E-state index contributed by atoms with van der Waals surface area (Å²) in [6.07, 6.45) is 0. The number of amides is 2. The van der Waals surface area contributed by atoms with Gasteiger partial charge < -0.3 is 10.2 Å². The van der Waals surface area contributed by atoms with Gasteiger partial charge in [0.15, 0.2) is 0 Å². The smallest absolute Gasteiger partial charge is 0.242 e. The van der Waals surface area contributed by atoms with Crippen molar-refractivity contribution in [3.63, 3.8) is 0 Å². The minimum atomic E-state index is -0.696. The molecule has 0 spiro atoms. The van der Waals surface area contributed by atoms with Gasteiger partial charge in [-0.2, -0.15) is 0 Å². The molecule has 1 unspecified atom stereocenters. The number of carbonyl (C=O) groups excluding carboxylic acids is 2. The number of rotatable bonds is 9. The summed E-state index contributed by atoms with van der Waals surface area (Å²) in [5.41, 5.74) is 1.50. The fourth-order valence-corrected chi connectivity index (χ4v) is 3.85. The van der Waals surface area contributed by atoms with E-state index >= 15 is 0 Å². The summed E-state index contributed by atoms with van der Waals surface area (Å²) in [5.74, 6) is 0.0665. The number of carbonyl (C=O) groups is 2. The minimum Gasteiger partial charge on any atom is -0.352 e. The molecule has 29 heavy (non-hydrogen) atoms. The third-order valence-electron chi connectivity index (χ3n) is 4.30. The maximum Gasteiger partial charge on any atom is 0.242 e. The number of nitrogens with one attached hydrogen (secondary N) is 1. The summed E-state index contributed by atoms with van der Waals surface area (Å²) in [7, 11) is 0. The molecule has 0 radical (unpaired) electrons. The molecule has 1 atom stereocenters. The largest absolute Gasteiger partial charge is 0.352 e. The lowest BCUT2D eigenvalue weighted by atomic mass is 10.1. The fourth-order valence-electron chi connectivity index (χ4n) is 2.72. The van der Waals surface area contributed by atoms with Gasteiger partial charge in [0.1, 0.15) is 11.9 Å². The van der Waals surface area contributed by atoms with E-state index in [1.54, 1.807) is 25.1 Å². The van der Waals surface area contributed by atoms with Crippen LogP contribution in [0.5, 0.6) is 0 Å². The molecule has 0 aromatic heterocycles. The van der Waals surface area contributed by atoms with Gasteiger partial charge in [-0.05, 0) is 44.5 Å². The molecule has 156 valence electrons. The van der Waals surface area contributed by atoms with E-state index < -0.39 is 6.04 Å². The molecule has 1 N–H and O–H groups in total. The lowest BCUT2D eigenvalue weighted by molar-refractivity contribution is -0.138. The predicted octanol–water partition coefficient (Wildman–Crippen LogP) is 4.76. The first-order valence-corrected chi connectivity index (χ1v) is 11.4. The van der Waals surface area contributed by atoms with Crippen LogP contribution >= 0.6 is 27.7 Å². The van der Waals surface area contributed by atoms with Gasteiger partial charge in [0.05, 0.1) is 5.75 Å². The zero-order valence-electron chi connectivity index (χ0n) is 16.8. The van der Waals surface area contributed by atoms with E-state index in [9.17, 15) is 14.0 Å². The minimum absolute atomic E-state index is 0.0397. The Bertz CT molecular complexity index is 830. The molecule has 2 rings (SSSR count). The highest BCUT2D eigenvalue weighted by atomic mass is 79.9. The molecule has 0 fully saturated rings. The third kappa shape index (κ3) is 7.48. The maximum atomic E-state index is 14.1. The molecule has 7 heteroatoms. The first kappa shape index (κ1) is 23.4. The lowest BCUT2D eigenvalue weighted by Crippen LogP contribution is -2.49. The zero-order chi connectivity index (χ0) is 21.4. The van der Waals surface area contributed by atoms with Gasteiger partial charge in [-0.25, -0.2) is 4.39 Å². The lowest BCUT2D eigenvalue weighted by Gasteiger charge is -2.29. The summed E-state index contributed by atoms with van der Waals surface area (Å²) in [6, 6.07) is 13.5. The highest BCUT2D eigenvalue weighted by molar-refractivity contribution is 9.10. The Labute approximate surface area is 184 Å². The number of nitrogens with zero attached hydrogens (tertiary/aromatic N) is 1. The molecule has 2 aromatic rings. The molecule has 4 nitrogen and oxygen atoms in total. The van der Waals surface area contributed by atoms with Gasteiger partial charge in [0.25, 0.3) is 0 Å². The van der Waals surface area contributed by atoms with Crippen LogP contribution in [0.25, 0.3) is 0 Å². The standard InChI is InChI=1S/C22H26BrFN2O2S/c1-15(2)25-22(28)16(3)26(12-18-6-4-5-7-20(18)24)21(27)14-29-13-17-8-10-19(23)11-9-17/h4-11,15-16H,12-14H2,1-3H3,(H,25,28). The molecule has 0 aliphatic heterocycles. The van der Waals surface area contributed by atoms with Crippen LogP contribution in [0.3, 0.4) is 0 Å². The molecular formula is C22H26BrFN2O2S. The maximum absolute atomic E-state index is 14.1. The molecule has 0 aliphatic carbocycles. The quantitative estimate of drug-likeness (QED) is 0.562. The van der Waals surface area contributed by atoms with E-state index in [2.05, 4.69) is 21.2 Å². The summed E-state index contributed by atoms with van der Waals surface area (Å²) >= 11 is 4.88. The van der Waals surface area contributed by atoms with Gasteiger partial charge in [-0.15, -0.1) is 11.8 Å². The molecule has 0 bridgehead atoms. The molecule has 0 aliphatic rings. The second kappa shape index (κ2) is 11.4. The van der Waals surface area contributed by atoms with Crippen LogP contribution in [-0.4, -0.2) is 34.6 Å². The molecule has 2 aromatic carbocycles. The van der Waals surface area contributed by atoms with Crippen molar-refractivity contribution in [1.82, 2.24) is 10.2 Å². The Morgan fingerprint density at radius 1 is 1.10 bits per heavy atom. The van der Waals surface area contributed by atoms with Gasteiger partial charge in [-0.1, -0.05) is 46.3 Å². The van der Waals surface area contributed by atoms with Crippen LogP contribution in [0.2, 0.25) is 0 Å². The van der Waals surface area contributed by atoms with Crippen molar-refractivity contribution in [1.29, 1.82) is 0 Å². The Morgan fingerprint density at radius 2 is 1.76 bits per heavy atom. The van der Waals surface area contributed by atoms with Crippen LogP contribution in [0.15, 0.2) is 53.0 Å². The summed E-state index contributed by atoms with van der Waals surface area (Å²) in [6.45, 7) is 5.45. The predicted molar refractivity (Wildman–Crippen MR) is 120 cm³/mol. The van der Waals surface area contributed by atoms with Crippen LogP contribution in [0.1, 0.15) is 31.9 Å². The van der Waals surface area contributed by atoms with Gasteiger partial charge in [-0.3, -0.25) is 9.59 Å². The Hall–Kier alpha value is -1.86.